The second kappa shape index (κ2) is 6.69. The Hall–Kier alpha value is -0.830. The van der Waals surface area contributed by atoms with Crippen LogP contribution >= 0.6 is 0 Å². The number of nitrogens with zero attached hydrogens (tertiary/aromatic N) is 1. The Balaban J connectivity index is 2.29. The van der Waals surface area contributed by atoms with E-state index in [4.69, 9.17) is 4.74 Å². The summed E-state index contributed by atoms with van der Waals surface area (Å²) >= 11 is 0. The number of rotatable bonds is 4. The van der Waals surface area contributed by atoms with E-state index in [0.29, 0.717) is 18.6 Å². The zero-order valence-electron chi connectivity index (χ0n) is 10.6. The zero-order chi connectivity index (χ0) is 12.0. The van der Waals surface area contributed by atoms with E-state index in [9.17, 15) is 4.79 Å². The van der Waals surface area contributed by atoms with Gasteiger partial charge >= 0.3 is 5.97 Å². The van der Waals surface area contributed by atoms with Gasteiger partial charge in [-0.2, -0.15) is 0 Å². The van der Waals surface area contributed by atoms with Gasteiger partial charge in [0.2, 0.25) is 0 Å². The number of likely N-dealkylation sites (tertiary alicyclic amines) is 1. The Kier molecular flexibility index (Phi) is 5.53. The quantitative estimate of drug-likeness (QED) is 0.543. The van der Waals surface area contributed by atoms with Crippen molar-refractivity contribution in [1.29, 1.82) is 0 Å². The molecule has 0 bridgehead atoms. The van der Waals surface area contributed by atoms with Crippen LogP contribution in [0.15, 0.2) is 12.2 Å². The van der Waals surface area contributed by atoms with Gasteiger partial charge in [-0.25, -0.2) is 4.79 Å². The minimum absolute atomic E-state index is 0.214. The molecule has 1 heterocycles. The van der Waals surface area contributed by atoms with Crippen LogP contribution in [0.1, 0.15) is 33.6 Å². The average molecular weight is 225 g/mol. The molecule has 0 atom stereocenters. The Morgan fingerprint density at radius 3 is 2.56 bits per heavy atom. The molecule has 1 rings (SSSR count). The number of carbonyl (C=O) groups is 1. The lowest BCUT2D eigenvalue weighted by Crippen LogP contribution is -2.38. The molecule has 0 aliphatic carbocycles. The fourth-order valence-corrected chi connectivity index (χ4v) is 2.03. The largest absolute Gasteiger partial charge is 0.463 e. The molecule has 3 heteroatoms. The van der Waals surface area contributed by atoms with Crippen molar-refractivity contribution in [2.45, 2.75) is 39.7 Å². The van der Waals surface area contributed by atoms with Crippen LogP contribution < -0.4 is 0 Å². The smallest absolute Gasteiger partial charge is 0.330 e. The molecule has 1 aliphatic heterocycles. The fourth-order valence-electron chi connectivity index (χ4n) is 2.03. The molecule has 0 aromatic rings. The van der Waals surface area contributed by atoms with Crippen LogP contribution in [0.3, 0.4) is 0 Å². The van der Waals surface area contributed by atoms with E-state index < -0.39 is 0 Å². The molecule has 0 aromatic heterocycles. The van der Waals surface area contributed by atoms with Crippen LogP contribution in [0.25, 0.3) is 0 Å². The van der Waals surface area contributed by atoms with Crippen LogP contribution in [-0.4, -0.2) is 36.6 Å². The molecule has 1 fully saturated rings. The van der Waals surface area contributed by atoms with Gasteiger partial charge in [0.15, 0.2) is 0 Å². The van der Waals surface area contributed by atoms with E-state index in [1.54, 1.807) is 6.08 Å². The predicted octanol–water partition coefficient (Wildman–Crippen LogP) is 2.23. The summed E-state index contributed by atoms with van der Waals surface area (Å²) in [6.45, 7) is 9.01. The van der Waals surface area contributed by atoms with Crippen LogP contribution in [0.4, 0.5) is 0 Å². The second-order valence-electron chi connectivity index (χ2n) is 4.58. The van der Waals surface area contributed by atoms with Gasteiger partial charge in [0.25, 0.3) is 0 Å². The highest BCUT2D eigenvalue weighted by Crippen LogP contribution is 2.19. The first-order valence-corrected chi connectivity index (χ1v) is 6.22. The maximum Gasteiger partial charge on any atom is 0.330 e. The highest BCUT2D eigenvalue weighted by Gasteiger charge is 2.18. The molecule has 0 radical (unpaired) electrons. The number of esters is 1. The summed E-state index contributed by atoms with van der Waals surface area (Å²) in [6, 6.07) is 0.634. The van der Waals surface area contributed by atoms with Crippen LogP contribution in [-0.2, 0) is 9.53 Å². The monoisotopic (exact) mass is 225 g/mol. The normalized spacial score (nSPS) is 19.5. The second-order valence-corrected chi connectivity index (χ2v) is 4.58. The third kappa shape index (κ3) is 4.35. The van der Waals surface area contributed by atoms with Gasteiger partial charge in [0, 0.05) is 12.1 Å². The topological polar surface area (TPSA) is 29.5 Å². The first-order chi connectivity index (χ1) is 7.63. The Labute approximate surface area is 98.5 Å². The van der Waals surface area contributed by atoms with Gasteiger partial charge in [0.1, 0.15) is 0 Å². The van der Waals surface area contributed by atoms with Crippen molar-refractivity contribution in [2.24, 2.45) is 5.92 Å². The van der Waals surface area contributed by atoms with E-state index in [-0.39, 0.29) is 5.97 Å². The van der Waals surface area contributed by atoms with Crippen molar-refractivity contribution in [2.75, 3.05) is 19.7 Å². The van der Waals surface area contributed by atoms with E-state index in [2.05, 4.69) is 18.7 Å². The summed E-state index contributed by atoms with van der Waals surface area (Å²) in [5.41, 5.74) is 0. The van der Waals surface area contributed by atoms with Crippen molar-refractivity contribution >= 4 is 5.97 Å². The van der Waals surface area contributed by atoms with Crippen molar-refractivity contribution in [3.63, 3.8) is 0 Å². The first kappa shape index (κ1) is 13.2. The number of piperidine rings is 1. The summed E-state index contributed by atoms with van der Waals surface area (Å²) in [4.78, 5) is 13.6. The van der Waals surface area contributed by atoms with E-state index >= 15 is 0 Å². The lowest BCUT2D eigenvalue weighted by atomic mass is 9.95. The van der Waals surface area contributed by atoms with Gasteiger partial charge in [-0.15, -0.1) is 0 Å². The maximum atomic E-state index is 11.1. The molecule has 0 spiro atoms. The molecule has 1 saturated heterocycles. The van der Waals surface area contributed by atoms with E-state index in [1.807, 2.05) is 13.0 Å². The Morgan fingerprint density at radius 1 is 1.44 bits per heavy atom. The van der Waals surface area contributed by atoms with Crippen LogP contribution in [0, 0.1) is 5.92 Å². The summed E-state index contributed by atoms with van der Waals surface area (Å²) in [5.74, 6) is 0.327. The molecule has 16 heavy (non-hydrogen) atoms. The van der Waals surface area contributed by atoms with Crippen molar-refractivity contribution in [1.82, 2.24) is 4.90 Å². The lowest BCUT2D eigenvalue weighted by Gasteiger charge is -2.33. The molecule has 0 unspecified atom stereocenters. The Morgan fingerprint density at radius 2 is 2.06 bits per heavy atom. The molecule has 3 nitrogen and oxygen atoms in total. The van der Waals surface area contributed by atoms with Gasteiger partial charge in [-0.05, 0) is 52.6 Å². The molecule has 0 aromatic carbocycles. The minimum Gasteiger partial charge on any atom is -0.463 e. The number of carbonyl (C=O) groups excluding carboxylic acids is 1. The zero-order valence-corrected chi connectivity index (χ0v) is 10.6. The third-order valence-corrected chi connectivity index (χ3v) is 3.10. The van der Waals surface area contributed by atoms with Crippen LogP contribution in [0.2, 0.25) is 0 Å². The summed E-state index contributed by atoms with van der Waals surface area (Å²) in [7, 11) is 0. The average Bonchev–Trinajstić information content (AvgIpc) is 2.27. The number of hydrogen-bond acceptors (Lipinski definition) is 3. The molecule has 1 aliphatic rings. The van der Waals surface area contributed by atoms with Gasteiger partial charge in [-0.3, -0.25) is 0 Å². The molecule has 0 saturated carbocycles. The van der Waals surface area contributed by atoms with E-state index in [1.165, 1.54) is 0 Å². The Bertz CT molecular complexity index is 240. The van der Waals surface area contributed by atoms with Crippen molar-refractivity contribution < 1.29 is 9.53 Å². The highest BCUT2D eigenvalue weighted by atomic mass is 16.5. The highest BCUT2D eigenvalue weighted by molar-refractivity contribution is 5.81. The summed E-state index contributed by atoms with van der Waals surface area (Å²) < 4.78 is 4.86. The standard InChI is InChI=1S/C13H23NO2/c1-4-16-13(15)6-5-12-7-9-14(10-8-12)11(2)3/h5-6,11-12H,4,7-10H2,1-3H3. The number of allylic oxidation sites excluding steroid dienone is 1. The third-order valence-electron chi connectivity index (χ3n) is 3.10. The SMILES string of the molecule is CCOC(=O)C=CC1CCN(C(C)C)CC1. The molecule has 0 N–H and O–H groups in total. The summed E-state index contributed by atoms with van der Waals surface area (Å²) in [6.07, 6.45) is 5.89. The number of hydrogen-bond donors (Lipinski definition) is 0. The minimum atomic E-state index is -0.214. The molecule has 92 valence electrons. The number of ether oxygens (including phenoxy) is 1. The van der Waals surface area contributed by atoms with Crippen molar-refractivity contribution in [3.8, 4) is 0 Å². The van der Waals surface area contributed by atoms with Gasteiger partial charge in [-0.1, -0.05) is 6.08 Å². The van der Waals surface area contributed by atoms with Gasteiger partial charge < -0.3 is 9.64 Å². The molecular weight excluding hydrogens is 202 g/mol. The maximum absolute atomic E-state index is 11.1. The predicted molar refractivity (Wildman–Crippen MR) is 65.2 cm³/mol. The molecular formula is C13H23NO2. The van der Waals surface area contributed by atoms with Crippen molar-refractivity contribution in [3.05, 3.63) is 12.2 Å². The summed E-state index contributed by atoms with van der Waals surface area (Å²) in [5, 5.41) is 0. The molecule has 0 amide bonds. The fraction of sp³-hybridized carbons (Fsp3) is 0.769. The first-order valence-electron chi connectivity index (χ1n) is 6.22. The van der Waals surface area contributed by atoms with Gasteiger partial charge in [0.05, 0.1) is 6.61 Å². The van der Waals surface area contributed by atoms with Crippen LogP contribution in [0.5, 0.6) is 0 Å². The van der Waals surface area contributed by atoms with E-state index in [0.717, 1.165) is 25.9 Å². The lowest BCUT2D eigenvalue weighted by molar-refractivity contribution is -0.137.